The number of fused-ring (bicyclic) bond motifs is 1. The molecule has 0 bridgehead atoms. The smallest absolute Gasteiger partial charge is 1.00 e. The molecule has 3 aromatic rings. The largest absolute Gasteiger partial charge is 3.00 e. The van der Waals surface area contributed by atoms with Crippen molar-refractivity contribution in [2.24, 2.45) is 0 Å². The summed E-state index contributed by atoms with van der Waals surface area (Å²) in [6.45, 7) is 4.34. The van der Waals surface area contributed by atoms with E-state index >= 15 is 0 Å². The summed E-state index contributed by atoms with van der Waals surface area (Å²) in [5.41, 5.74) is 3.94. The minimum Gasteiger partial charge on any atom is -1.00 e. The number of aryl methyl sites for hydroxylation is 2. The SMILES string of the molecule is Cc1ccc(C)c2[cH-]c(-n3cccc3)cc12.[F-].[F-].[Zr+3]. The van der Waals surface area contributed by atoms with Gasteiger partial charge in [-0.05, 0) is 24.7 Å². The van der Waals surface area contributed by atoms with Crippen molar-refractivity contribution in [2.45, 2.75) is 13.8 Å². The van der Waals surface area contributed by atoms with Crippen molar-refractivity contribution < 1.29 is 35.6 Å². The van der Waals surface area contributed by atoms with Crippen molar-refractivity contribution in [3.8, 4) is 5.69 Å². The van der Waals surface area contributed by atoms with E-state index in [0.717, 1.165) is 0 Å². The van der Waals surface area contributed by atoms with Crippen molar-refractivity contribution in [2.75, 3.05) is 0 Å². The second kappa shape index (κ2) is 6.86. The number of hydrogen-bond acceptors (Lipinski definition) is 0. The van der Waals surface area contributed by atoms with Crippen LogP contribution < -0.4 is 9.41 Å². The fourth-order valence-electron chi connectivity index (χ4n) is 2.23. The van der Waals surface area contributed by atoms with Crippen LogP contribution in [0.15, 0.2) is 48.8 Å². The van der Waals surface area contributed by atoms with Crippen molar-refractivity contribution in [1.82, 2.24) is 4.57 Å². The molecule has 0 spiro atoms. The van der Waals surface area contributed by atoms with Crippen LogP contribution in [-0.2, 0) is 26.2 Å². The number of nitrogens with zero attached hydrogens (tertiary/aromatic N) is 1. The van der Waals surface area contributed by atoms with E-state index in [9.17, 15) is 0 Å². The van der Waals surface area contributed by atoms with Gasteiger partial charge in [-0.2, -0.15) is 0 Å². The Balaban J connectivity index is 0.00000108. The molecule has 1 heterocycles. The molecule has 97 valence electrons. The predicted octanol–water partition coefficient (Wildman–Crippen LogP) is -2.03. The standard InChI is InChI=1S/C15H14N.2FH.Zr/c1-11-5-6-12(2)15-10-13(9-14(11)15)16-7-3-4-8-16;;;/h3-10H,1-2H3;2*1H;/q-1;;;+3/p-2. The van der Waals surface area contributed by atoms with Gasteiger partial charge in [0.2, 0.25) is 0 Å². The normalized spacial score (nSPS) is 9.37. The van der Waals surface area contributed by atoms with E-state index in [-0.39, 0.29) is 35.6 Å². The van der Waals surface area contributed by atoms with Gasteiger partial charge < -0.3 is 14.0 Å². The summed E-state index contributed by atoms with van der Waals surface area (Å²) >= 11 is 0. The third-order valence-electron chi connectivity index (χ3n) is 3.21. The second-order valence-electron chi connectivity index (χ2n) is 4.33. The number of rotatable bonds is 1. The van der Waals surface area contributed by atoms with E-state index in [1.807, 2.05) is 0 Å². The van der Waals surface area contributed by atoms with E-state index in [0.29, 0.717) is 0 Å². The van der Waals surface area contributed by atoms with E-state index < -0.39 is 0 Å². The summed E-state index contributed by atoms with van der Waals surface area (Å²) in [4.78, 5) is 0. The zero-order valence-corrected chi connectivity index (χ0v) is 13.3. The molecule has 0 atom stereocenters. The predicted molar refractivity (Wildman–Crippen MR) is 68.3 cm³/mol. The molecule has 3 rings (SSSR count). The maximum Gasteiger partial charge on any atom is 3.00 e. The van der Waals surface area contributed by atoms with Crippen LogP contribution in [0.25, 0.3) is 16.5 Å². The van der Waals surface area contributed by atoms with Gasteiger partial charge in [-0.25, -0.2) is 0 Å². The first kappa shape index (κ1) is 17.9. The minimum absolute atomic E-state index is 0. The third-order valence-corrected chi connectivity index (χ3v) is 3.21. The quantitative estimate of drug-likeness (QED) is 0.452. The van der Waals surface area contributed by atoms with Crippen molar-refractivity contribution in [3.05, 3.63) is 59.9 Å². The third kappa shape index (κ3) is 3.06. The van der Waals surface area contributed by atoms with Crippen molar-refractivity contribution in [1.29, 1.82) is 0 Å². The van der Waals surface area contributed by atoms with Gasteiger partial charge in [0.05, 0.1) is 0 Å². The summed E-state index contributed by atoms with van der Waals surface area (Å²) in [7, 11) is 0. The van der Waals surface area contributed by atoms with Crippen LogP contribution in [-0.4, -0.2) is 4.57 Å². The topological polar surface area (TPSA) is 4.93 Å². The van der Waals surface area contributed by atoms with E-state index in [1.165, 1.54) is 27.6 Å². The first-order valence-corrected chi connectivity index (χ1v) is 5.56. The summed E-state index contributed by atoms with van der Waals surface area (Å²) < 4.78 is 2.15. The molecule has 4 heteroatoms. The number of aromatic nitrogens is 1. The van der Waals surface area contributed by atoms with Crippen LogP contribution in [0.3, 0.4) is 0 Å². The second-order valence-corrected chi connectivity index (χ2v) is 4.33. The van der Waals surface area contributed by atoms with Gasteiger partial charge in [0.25, 0.3) is 0 Å². The minimum atomic E-state index is 0. The van der Waals surface area contributed by atoms with Crippen LogP contribution in [0.2, 0.25) is 0 Å². The summed E-state index contributed by atoms with van der Waals surface area (Å²) in [6, 6.07) is 13.0. The average molecular weight is 338 g/mol. The Morgan fingerprint density at radius 2 is 1.53 bits per heavy atom. The number of benzene rings is 1. The van der Waals surface area contributed by atoms with Crippen LogP contribution in [0.1, 0.15) is 11.1 Å². The van der Waals surface area contributed by atoms with Gasteiger partial charge in [-0.15, -0.1) is 34.5 Å². The molecule has 0 saturated heterocycles. The molecular formula is C15H14F2NZr. The Morgan fingerprint density at radius 1 is 0.947 bits per heavy atom. The maximum atomic E-state index is 2.26. The molecule has 0 aliphatic rings. The molecule has 0 aliphatic heterocycles. The fourth-order valence-corrected chi connectivity index (χ4v) is 2.23. The van der Waals surface area contributed by atoms with Crippen molar-refractivity contribution in [3.63, 3.8) is 0 Å². The van der Waals surface area contributed by atoms with E-state index in [4.69, 9.17) is 0 Å². The molecule has 1 radical (unpaired) electrons. The average Bonchev–Trinajstić information content (AvgIpc) is 2.90. The molecular weight excluding hydrogens is 323 g/mol. The zero-order chi connectivity index (χ0) is 11.1. The van der Waals surface area contributed by atoms with Crippen LogP contribution in [0.4, 0.5) is 0 Å². The Morgan fingerprint density at radius 3 is 2.11 bits per heavy atom. The summed E-state index contributed by atoms with van der Waals surface area (Å²) in [6.07, 6.45) is 4.16. The van der Waals surface area contributed by atoms with Crippen LogP contribution in [0, 0.1) is 13.8 Å². The van der Waals surface area contributed by atoms with Crippen LogP contribution >= 0.6 is 0 Å². The molecule has 0 N–H and O–H groups in total. The summed E-state index contributed by atoms with van der Waals surface area (Å²) in [5, 5.41) is 2.73. The van der Waals surface area contributed by atoms with Crippen molar-refractivity contribution >= 4 is 10.8 Å². The van der Waals surface area contributed by atoms with Gasteiger partial charge in [0.15, 0.2) is 0 Å². The molecule has 0 saturated carbocycles. The molecule has 2 aromatic carbocycles. The molecule has 0 aliphatic carbocycles. The van der Waals surface area contributed by atoms with Gasteiger partial charge >= 0.3 is 26.2 Å². The van der Waals surface area contributed by atoms with Crippen LogP contribution in [0.5, 0.6) is 0 Å². The Labute approximate surface area is 130 Å². The monoisotopic (exact) mass is 336 g/mol. The zero-order valence-electron chi connectivity index (χ0n) is 10.8. The van der Waals surface area contributed by atoms with Gasteiger partial charge in [-0.3, -0.25) is 0 Å². The van der Waals surface area contributed by atoms with Gasteiger partial charge in [-0.1, -0.05) is 18.6 Å². The summed E-state index contributed by atoms with van der Waals surface area (Å²) in [5.74, 6) is 0. The Hall–Kier alpha value is -1.15. The molecule has 19 heavy (non-hydrogen) atoms. The first-order valence-electron chi connectivity index (χ1n) is 5.56. The first-order chi connectivity index (χ1) is 7.75. The van der Waals surface area contributed by atoms with E-state index in [1.54, 1.807) is 0 Å². The molecule has 0 amide bonds. The molecule has 1 aromatic heterocycles. The number of halogens is 2. The molecule has 0 unspecified atom stereocenters. The Kier molecular flexibility index (Phi) is 6.44. The van der Waals surface area contributed by atoms with Gasteiger partial charge in [0.1, 0.15) is 0 Å². The number of hydrogen-bond donors (Lipinski definition) is 0. The van der Waals surface area contributed by atoms with Gasteiger partial charge in [0, 0.05) is 12.4 Å². The fraction of sp³-hybridized carbons (Fsp3) is 0.133. The van der Waals surface area contributed by atoms with E-state index in [2.05, 4.69) is 67.2 Å². The molecule has 1 nitrogen and oxygen atoms in total. The Bertz CT molecular complexity index is 603. The molecule has 0 fully saturated rings. The maximum absolute atomic E-state index is 2.26.